The van der Waals surface area contributed by atoms with E-state index in [2.05, 4.69) is 199 Å². The Balaban J connectivity index is 1.16. The van der Waals surface area contributed by atoms with E-state index < -0.39 is 0 Å². The van der Waals surface area contributed by atoms with Crippen LogP contribution in [0.15, 0.2) is 199 Å². The minimum Gasteiger partial charge on any atom is -0.456 e. The van der Waals surface area contributed by atoms with Gasteiger partial charge in [0.2, 0.25) is 0 Å². The van der Waals surface area contributed by atoms with Crippen LogP contribution >= 0.6 is 0 Å². The molecule has 0 aliphatic heterocycles. The van der Waals surface area contributed by atoms with Gasteiger partial charge in [-0.1, -0.05) is 146 Å². The molecule has 0 aliphatic carbocycles. The van der Waals surface area contributed by atoms with E-state index in [1.807, 2.05) is 0 Å². The molecule has 4 aromatic heterocycles. The fraction of sp³-hybridized carbons (Fsp3) is 0. The Labute approximate surface area is 343 Å². The second kappa shape index (κ2) is 12.7. The highest BCUT2D eigenvalue weighted by Gasteiger charge is 2.26. The number of benzene rings is 9. The molecule has 0 saturated heterocycles. The molecule has 0 saturated carbocycles. The van der Waals surface area contributed by atoms with Crippen LogP contribution in [0.2, 0.25) is 0 Å². The molecule has 4 heterocycles. The quantitative estimate of drug-likeness (QED) is 0.175. The van der Waals surface area contributed by atoms with E-state index in [1.54, 1.807) is 0 Å². The van der Waals surface area contributed by atoms with Gasteiger partial charge in [-0.3, -0.25) is 0 Å². The Morgan fingerprint density at radius 2 is 0.917 bits per heavy atom. The summed E-state index contributed by atoms with van der Waals surface area (Å²) < 4.78 is 9.25. The predicted molar refractivity (Wildman–Crippen MR) is 246 cm³/mol. The summed E-state index contributed by atoms with van der Waals surface area (Å²) in [4.78, 5) is 16.2. The first-order valence-electron chi connectivity index (χ1n) is 20.3. The summed E-state index contributed by atoms with van der Waals surface area (Å²) in [6.45, 7) is 0. The van der Waals surface area contributed by atoms with Gasteiger partial charge >= 0.3 is 0 Å². The first-order chi connectivity index (χ1) is 29.7. The molecule has 0 aliphatic rings. The molecule has 0 atom stereocenters. The summed E-state index contributed by atoms with van der Waals surface area (Å²) >= 11 is 0. The molecule has 0 fully saturated rings. The van der Waals surface area contributed by atoms with Gasteiger partial charge in [-0.25, -0.2) is 15.0 Å². The second-order valence-corrected chi connectivity index (χ2v) is 15.6. The van der Waals surface area contributed by atoms with Crippen molar-refractivity contribution in [1.29, 1.82) is 0 Å². The molecule has 0 spiro atoms. The molecule has 60 heavy (non-hydrogen) atoms. The van der Waals surface area contributed by atoms with Crippen molar-refractivity contribution in [3.63, 3.8) is 0 Å². The zero-order valence-electron chi connectivity index (χ0n) is 32.2. The third kappa shape index (κ3) is 4.90. The molecule has 0 amide bonds. The fourth-order valence-electron chi connectivity index (χ4n) is 9.44. The average Bonchev–Trinajstić information content (AvgIpc) is 3.83. The van der Waals surface area contributed by atoms with E-state index in [1.165, 1.54) is 5.39 Å². The van der Waals surface area contributed by atoms with Gasteiger partial charge in [-0.05, 0) is 86.9 Å². The molecule has 9 aromatic carbocycles. The van der Waals surface area contributed by atoms with Crippen LogP contribution in [0.1, 0.15) is 0 Å². The largest absolute Gasteiger partial charge is 0.456 e. The van der Waals surface area contributed by atoms with Gasteiger partial charge < -0.3 is 8.82 Å². The number of hydrogen-bond acceptors (Lipinski definition) is 4. The van der Waals surface area contributed by atoms with E-state index in [9.17, 15) is 0 Å². The minimum absolute atomic E-state index is 0.581. The summed E-state index contributed by atoms with van der Waals surface area (Å²) in [5, 5.41) is 9.04. The van der Waals surface area contributed by atoms with Crippen LogP contribution in [0.4, 0.5) is 0 Å². The molecule has 0 bridgehead atoms. The van der Waals surface area contributed by atoms with Crippen LogP contribution in [0.3, 0.4) is 0 Å². The van der Waals surface area contributed by atoms with Gasteiger partial charge in [0.1, 0.15) is 11.2 Å². The molecule has 13 rings (SSSR count). The number of nitrogens with zero attached hydrogens (tertiary/aromatic N) is 4. The maximum atomic E-state index is 6.83. The van der Waals surface area contributed by atoms with Gasteiger partial charge in [-0.2, -0.15) is 0 Å². The number of fused-ring (bicyclic) bond motifs is 7. The maximum Gasteiger partial charge on any atom is 0.164 e. The average molecular weight is 765 g/mol. The van der Waals surface area contributed by atoms with Gasteiger partial charge in [-0.15, -0.1) is 0 Å². The van der Waals surface area contributed by atoms with E-state index in [0.29, 0.717) is 17.5 Å². The topological polar surface area (TPSA) is 56.2 Å². The molecule has 0 N–H and O–H groups in total. The van der Waals surface area contributed by atoms with Crippen LogP contribution in [-0.2, 0) is 0 Å². The van der Waals surface area contributed by atoms with Crippen LogP contribution in [0.25, 0.3) is 127 Å². The first kappa shape index (κ1) is 32.9. The van der Waals surface area contributed by atoms with Crippen molar-refractivity contribution in [3.8, 4) is 56.4 Å². The molecular formula is C55H32N4O. The van der Waals surface area contributed by atoms with Crippen molar-refractivity contribution < 1.29 is 4.42 Å². The van der Waals surface area contributed by atoms with Gasteiger partial charge in [0.05, 0.1) is 21.9 Å². The highest BCUT2D eigenvalue weighted by molar-refractivity contribution is 6.33. The van der Waals surface area contributed by atoms with Crippen molar-refractivity contribution in [1.82, 2.24) is 19.4 Å². The third-order valence-electron chi connectivity index (χ3n) is 12.1. The third-order valence-corrected chi connectivity index (χ3v) is 12.1. The van der Waals surface area contributed by atoms with Crippen LogP contribution in [-0.4, -0.2) is 19.4 Å². The fourth-order valence-corrected chi connectivity index (χ4v) is 9.44. The Bertz CT molecular complexity index is 3770. The zero-order valence-corrected chi connectivity index (χ0v) is 32.2. The molecule has 0 radical (unpaired) electrons. The molecule has 5 nitrogen and oxygen atoms in total. The maximum absolute atomic E-state index is 6.83. The Hall–Kier alpha value is -8.15. The monoisotopic (exact) mass is 764 g/mol. The van der Waals surface area contributed by atoms with Crippen molar-refractivity contribution in [3.05, 3.63) is 194 Å². The van der Waals surface area contributed by atoms with Crippen molar-refractivity contribution in [2.75, 3.05) is 0 Å². The van der Waals surface area contributed by atoms with E-state index in [4.69, 9.17) is 19.4 Å². The normalized spacial score (nSPS) is 12.0. The predicted octanol–water partition coefficient (Wildman–Crippen LogP) is 14.4. The van der Waals surface area contributed by atoms with Crippen molar-refractivity contribution in [2.45, 2.75) is 0 Å². The Morgan fingerprint density at radius 1 is 0.333 bits per heavy atom. The lowest BCUT2D eigenvalue weighted by Gasteiger charge is -2.13. The molecule has 5 heteroatoms. The molecular weight excluding hydrogens is 733 g/mol. The summed E-state index contributed by atoms with van der Waals surface area (Å²) in [7, 11) is 0. The summed E-state index contributed by atoms with van der Waals surface area (Å²) in [5.41, 5.74) is 12.1. The molecule has 13 aromatic rings. The van der Waals surface area contributed by atoms with Crippen LogP contribution < -0.4 is 0 Å². The number of aromatic nitrogens is 4. The number of para-hydroxylation sites is 2. The van der Waals surface area contributed by atoms with E-state index in [0.717, 1.165) is 104 Å². The second-order valence-electron chi connectivity index (χ2n) is 15.6. The lowest BCUT2D eigenvalue weighted by molar-refractivity contribution is 0.669. The Kier molecular flexibility index (Phi) is 6.95. The highest BCUT2D eigenvalue weighted by Crippen LogP contribution is 2.47. The molecule has 278 valence electrons. The van der Waals surface area contributed by atoms with Gasteiger partial charge in [0.15, 0.2) is 17.5 Å². The van der Waals surface area contributed by atoms with Crippen LogP contribution in [0, 0.1) is 0 Å². The highest BCUT2D eigenvalue weighted by atomic mass is 16.3. The van der Waals surface area contributed by atoms with Crippen LogP contribution in [0.5, 0.6) is 0 Å². The number of hydrogen-bond donors (Lipinski definition) is 0. The molecule has 0 unspecified atom stereocenters. The zero-order chi connectivity index (χ0) is 39.3. The number of rotatable bonds is 5. The van der Waals surface area contributed by atoms with Gasteiger partial charge in [0, 0.05) is 38.2 Å². The summed E-state index contributed by atoms with van der Waals surface area (Å²) in [6.07, 6.45) is 0. The summed E-state index contributed by atoms with van der Waals surface area (Å²) in [6, 6.07) is 68.5. The lowest BCUT2D eigenvalue weighted by Crippen LogP contribution is -2.01. The lowest BCUT2D eigenvalue weighted by atomic mass is 9.95. The van der Waals surface area contributed by atoms with Crippen molar-refractivity contribution >= 4 is 70.8 Å². The van der Waals surface area contributed by atoms with E-state index in [-0.39, 0.29) is 0 Å². The Morgan fingerprint density at radius 3 is 1.67 bits per heavy atom. The summed E-state index contributed by atoms with van der Waals surface area (Å²) in [5.74, 6) is 1.78. The first-order valence-corrected chi connectivity index (χ1v) is 20.3. The SMILES string of the molecule is c1ccc(-c2cc(-c3ccccc3)cc(-c3nc(-c4ccc5ccccc5c4)nc(-c4cc5oc6cccc7c8ccccc8n8c9ccccc9c4c8c5c67)n3)c2)cc1. The van der Waals surface area contributed by atoms with E-state index >= 15 is 0 Å². The van der Waals surface area contributed by atoms with Gasteiger partial charge in [0.25, 0.3) is 0 Å². The number of furan rings is 1. The standard InChI is InChI=1S/C55H32N4O/c1-3-14-33(15-4-1)38-29-39(34-16-5-2-6-17-34)31-40(30-38)54-56-53(37-27-26-35-18-7-8-19-36(35)28-37)57-55(58-54)44-32-48-51-50-42(22-13-25-47(50)60-48)41-20-9-11-23-45(41)59-46-24-12-10-21-43(46)49(44)52(51)59/h1-32H. The van der Waals surface area contributed by atoms with Crippen molar-refractivity contribution in [2.24, 2.45) is 0 Å². The smallest absolute Gasteiger partial charge is 0.164 e. The minimum atomic E-state index is 0.581.